The highest BCUT2D eigenvalue weighted by Crippen LogP contribution is 2.30. The number of ether oxygens (including phenoxy) is 1. The van der Waals surface area contributed by atoms with Crippen molar-refractivity contribution in [2.24, 2.45) is 5.92 Å². The van der Waals surface area contributed by atoms with Crippen LogP contribution >= 0.6 is 22.7 Å². The fraction of sp³-hybridized carbons (Fsp3) is 0.720. The average Bonchev–Trinajstić information content (AvgIpc) is 3.32. The smallest absolute Gasteiger partial charge is 0.273 e. The molecular weight excluding hydrogens is 471 g/mol. The molecule has 6 nitrogen and oxygen atoms in total. The third kappa shape index (κ3) is 7.71. The minimum Gasteiger partial charge on any atom is -0.467 e. The van der Waals surface area contributed by atoms with E-state index in [9.17, 15) is 9.18 Å². The number of nitrogens with zero attached hydrogens (tertiary/aromatic N) is 3. The molecule has 0 unspecified atom stereocenters. The van der Waals surface area contributed by atoms with Crippen LogP contribution in [0.1, 0.15) is 66.4 Å². The van der Waals surface area contributed by atoms with E-state index in [-0.39, 0.29) is 12.5 Å². The predicted octanol–water partition coefficient (Wildman–Crippen LogP) is 4.74. The van der Waals surface area contributed by atoms with Gasteiger partial charge >= 0.3 is 0 Å². The standard InChI is InChI=1S/C25H37FN4O2S2/c1-17-27-15-20(33-17)14-23(31)28-19-6-4-18(5-7-19)8-11-30-12-9-21-22(10-13-30)34-24(29-21)32-16-25(2,3)26/h15,18-19H,4-14,16H2,1-3H3,(H,28,31). The Morgan fingerprint density at radius 1 is 1.24 bits per heavy atom. The summed E-state index contributed by atoms with van der Waals surface area (Å²) in [6.45, 7) is 8.26. The summed E-state index contributed by atoms with van der Waals surface area (Å²) in [7, 11) is 0. The van der Waals surface area contributed by atoms with Crippen molar-refractivity contribution in [3.63, 3.8) is 0 Å². The normalized spacial score (nSPS) is 21.6. The van der Waals surface area contributed by atoms with Crippen LogP contribution in [0.4, 0.5) is 4.39 Å². The molecule has 1 aliphatic heterocycles. The molecule has 2 aromatic heterocycles. The highest BCUT2D eigenvalue weighted by atomic mass is 32.1. The number of hydrogen-bond donors (Lipinski definition) is 1. The molecule has 34 heavy (non-hydrogen) atoms. The topological polar surface area (TPSA) is 67.4 Å². The zero-order chi connectivity index (χ0) is 24.1. The third-order valence-corrected chi connectivity index (χ3v) is 8.67. The van der Waals surface area contributed by atoms with Crippen molar-refractivity contribution in [2.45, 2.75) is 83.8 Å². The second kappa shape index (κ2) is 11.4. The predicted molar refractivity (Wildman–Crippen MR) is 136 cm³/mol. The number of fused-ring (bicyclic) bond motifs is 1. The maximum Gasteiger partial charge on any atom is 0.273 e. The van der Waals surface area contributed by atoms with Crippen LogP contribution in [-0.2, 0) is 24.1 Å². The summed E-state index contributed by atoms with van der Waals surface area (Å²) in [6, 6.07) is 0.317. The average molecular weight is 509 g/mol. The van der Waals surface area contributed by atoms with E-state index in [0.29, 0.717) is 17.7 Å². The molecule has 1 saturated carbocycles. The molecule has 9 heteroatoms. The van der Waals surface area contributed by atoms with Gasteiger partial charge < -0.3 is 15.0 Å². The van der Waals surface area contributed by atoms with Gasteiger partial charge in [-0.1, -0.05) is 11.3 Å². The maximum absolute atomic E-state index is 13.7. The van der Waals surface area contributed by atoms with Crippen molar-refractivity contribution in [3.8, 4) is 5.19 Å². The second-order valence-electron chi connectivity index (χ2n) is 10.3. The van der Waals surface area contributed by atoms with Crippen LogP contribution in [0.3, 0.4) is 0 Å². The largest absolute Gasteiger partial charge is 0.467 e. The summed E-state index contributed by atoms with van der Waals surface area (Å²) in [5.74, 6) is 0.872. The van der Waals surface area contributed by atoms with Gasteiger partial charge in [-0.05, 0) is 71.8 Å². The minimum absolute atomic E-state index is 0.0449. The van der Waals surface area contributed by atoms with Gasteiger partial charge in [0.1, 0.15) is 12.3 Å². The lowest BCUT2D eigenvalue weighted by atomic mass is 9.84. The number of amides is 1. The fourth-order valence-electron chi connectivity index (χ4n) is 4.79. The summed E-state index contributed by atoms with van der Waals surface area (Å²) < 4.78 is 19.3. The van der Waals surface area contributed by atoms with E-state index in [0.717, 1.165) is 66.8 Å². The zero-order valence-corrected chi connectivity index (χ0v) is 22.2. The lowest BCUT2D eigenvalue weighted by molar-refractivity contribution is -0.121. The first-order valence-corrected chi connectivity index (χ1v) is 14.1. The number of nitrogens with one attached hydrogen (secondary N) is 1. The van der Waals surface area contributed by atoms with Gasteiger partial charge in [-0.15, -0.1) is 11.3 Å². The molecule has 2 aliphatic rings. The van der Waals surface area contributed by atoms with Gasteiger partial charge in [-0.2, -0.15) is 0 Å². The molecule has 0 atom stereocenters. The molecule has 4 rings (SSSR count). The van der Waals surface area contributed by atoms with E-state index >= 15 is 0 Å². The van der Waals surface area contributed by atoms with Crippen LogP contribution < -0.4 is 10.1 Å². The number of aromatic nitrogens is 2. The Labute approximate surface area is 210 Å². The van der Waals surface area contributed by atoms with Crippen LogP contribution in [0.25, 0.3) is 0 Å². The molecule has 0 aromatic carbocycles. The Morgan fingerprint density at radius 3 is 2.71 bits per heavy atom. The summed E-state index contributed by atoms with van der Waals surface area (Å²) >= 11 is 3.18. The van der Waals surface area contributed by atoms with Crippen molar-refractivity contribution in [1.82, 2.24) is 20.2 Å². The molecule has 0 saturated heterocycles. The van der Waals surface area contributed by atoms with Gasteiger partial charge in [0.25, 0.3) is 5.19 Å². The Morgan fingerprint density at radius 2 is 2.00 bits per heavy atom. The Bertz CT molecular complexity index is 922. The van der Waals surface area contributed by atoms with Gasteiger partial charge in [-0.3, -0.25) is 4.79 Å². The number of rotatable bonds is 9. The lowest BCUT2D eigenvalue weighted by Gasteiger charge is -2.30. The quantitative estimate of drug-likeness (QED) is 0.530. The Kier molecular flexibility index (Phi) is 8.58. The van der Waals surface area contributed by atoms with E-state index in [1.807, 2.05) is 13.1 Å². The number of hydrogen-bond acceptors (Lipinski definition) is 7. The molecule has 1 N–H and O–H groups in total. The van der Waals surface area contributed by atoms with Gasteiger partial charge in [-0.25, -0.2) is 14.4 Å². The molecule has 1 aliphatic carbocycles. The van der Waals surface area contributed by atoms with E-state index in [1.54, 1.807) is 22.7 Å². The summed E-state index contributed by atoms with van der Waals surface area (Å²) in [5, 5.41) is 4.85. The van der Waals surface area contributed by atoms with Crippen LogP contribution in [0.15, 0.2) is 6.20 Å². The van der Waals surface area contributed by atoms with Gasteiger partial charge in [0.2, 0.25) is 5.91 Å². The van der Waals surface area contributed by atoms with Crippen LogP contribution in [0, 0.1) is 12.8 Å². The summed E-state index contributed by atoms with van der Waals surface area (Å²) in [5.41, 5.74) is -0.213. The van der Waals surface area contributed by atoms with E-state index in [4.69, 9.17) is 4.74 Å². The van der Waals surface area contributed by atoms with Crippen LogP contribution in [0.5, 0.6) is 5.19 Å². The summed E-state index contributed by atoms with van der Waals surface area (Å²) in [4.78, 5) is 26.1. The molecular formula is C25H37FN4O2S2. The molecule has 3 heterocycles. The van der Waals surface area contributed by atoms with Crippen LogP contribution in [0.2, 0.25) is 0 Å². The van der Waals surface area contributed by atoms with Crippen molar-refractivity contribution in [2.75, 3.05) is 26.2 Å². The third-order valence-electron chi connectivity index (χ3n) is 6.69. The molecule has 188 valence electrons. The zero-order valence-electron chi connectivity index (χ0n) is 20.6. The molecule has 0 radical (unpaired) electrons. The van der Waals surface area contributed by atoms with E-state index in [1.165, 1.54) is 38.0 Å². The number of carbonyl (C=O) groups excluding carboxylic acids is 1. The number of carbonyl (C=O) groups is 1. The Balaban J connectivity index is 1.13. The second-order valence-corrected chi connectivity index (χ2v) is 12.7. The fourth-order valence-corrected chi connectivity index (χ4v) is 6.53. The minimum atomic E-state index is -1.34. The highest BCUT2D eigenvalue weighted by molar-refractivity contribution is 7.13. The molecule has 0 bridgehead atoms. The highest BCUT2D eigenvalue weighted by Gasteiger charge is 2.25. The monoisotopic (exact) mass is 508 g/mol. The summed E-state index contributed by atoms with van der Waals surface area (Å²) in [6.07, 6.45) is 9.96. The molecule has 1 fully saturated rings. The SMILES string of the molecule is Cc1ncc(CC(=O)NC2CCC(CCN3CCc4nc(OCC(C)(C)F)sc4CC3)CC2)s1. The van der Waals surface area contributed by atoms with Crippen molar-refractivity contribution >= 4 is 28.6 Å². The van der Waals surface area contributed by atoms with Crippen molar-refractivity contribution in [3.05, 3.63) is 26.7 Å². The maximum atomic E-state index is 13.7. The van der Waals surface area contributed by atoms with Gasteiger partial charge in [0.15, 0.2) is 0 Å². The first-order chi connectivity index (χ1) is 16.2. The van der Waals surface area contributed by atoms with Gasteiger partial charge in [0, 0.05) is 41.5 Å². The first kappa shape index (κ1) is 25.5. The Hall–Kier alpha value is -1.58. The molecule has 2 aromatic rings. The van der Waals surface area contributed by atoms with Gasteiger partial charge in [0.05, 0.1) is 17.1 Å². The lowest BCUT2D eigenvalue weighted by Crippen LogP contribution is -2.38. The molecule has 1 amide bonds. The van der Waals surface area contributed by atoms with Crippen molar-refractivity contribution in [1.29, 1.82) is 0 Å². The molecule has 0 spiro atoms. The van der Waals surface area contributed by atoms with Crippen molar-refractivity contribution < 1.29 is 13.9 Å². The van der Waals surface area contributed by atoms with E-state index in [2.05, 4.69) is 20.2 Å². The number of halogens is 1. The number of alkyl halides is 1. The van der Waals surface area contributed by atoms with E-state index < -0.39 is 5.67 Å². The first-order valence-electron chi connectivity index (χ1n) is 12.5. The number of aryl methyl sites for hydroxylation is 1. The van der Waals surface area contributed by atoms with Crippen LogP contribution in [-0.4, -0.2) is 58.7 Å². The number of thiazole rings is 2.